The summed E-state index contributed by atoms with van der Waals surface area (Å²) < 4.78 is 14.3. The Balaban J connectivity index is 1.85. The highest BCUT2D eigenvalue weighted by Gasteiger charge is 2.07. The molecule has 1 aromatic carbocycles. The number of thiophene rings is 1. The second-order valence-corrected chi connectivity index (χ2v) is 6.08. The number of benzene rings is 1. The van der Waals surface area contributed by atoms with Crippen LogP contribution in [-0.4, -0.2) is 6.04 Å². The summed E-state index contributed by atoms with van der Waals surface area (Å²) in [5.41, 5.74) is 0.752. The normalized spacial score (nSPS) is 12.6. The van der Waals surface area contributed by atoms with Crippen LogP contribution in [0.2, 0.25) is 4.34 Å². The summed E-state index contributed by atoms with van der Waals surface area (Å²) in [7, 11) is 0. The molecular formula is C14H15ClFNS. The molecule has 1 aromatic heterocycles. The highest BCUT2D eigenvalue weighted by molar-refractivity contribution is 7.16. The Bertz CT molecular complexity index is 512. The maximum absolute atomic E-state index is 13.5. The molecule has 1 atom stereocenters. The molecule has 0 amide bonds. The van der Waals surface area contributed by atoms with Gasteiger partial charge in [-0.3, -0.25) is 0 Å². The van der Waals surface area contributed by atoms with E-state index in [4.69, 9.17) is 11.6 Å². The zero-order valence-electron chi connectivity index (χ0n) is 10.1. The third kappa shape index (κ3) is 3.80. The van der Waals surface area contributed by atoms with E-state index in [1.54, 1.807) is 17.4 Å². The third-order valence-corrected chi connectivity index (χ3v) is 3.97. The summed E-state index contributed by atoms with van der Waals surface area (Å²) >= 11 is 7.44. The van der Waals surface area contributed by atoms with Gasteiger partial charge < -0.3 is 5.32 Å². The van der Waals surface area contributed by atoms with Crippen LogP contribution in [0.5, 0.6) is 0 Å². The van der Waals surface area contributed by atoms with Gasteiger partial charge in [-0.1, -0.05) is 29.8 Å². The first-order chi connectivity index (χ1) is 8.65. The number of hydrogen-bond acceptors (Lipinski definition) is 2. The van der Waals surface area contributed by atoms with Gasteiger partial charge in [-0.2, -0.15) is 0 Å². The monoisotopic (exact) mass is 283 g/mol. The van der Waals surface area contributed by atoms with Crippen molar-refractivity contribution in [2.75, 3.05) is 0 Å². The average Bonchev–Trinajstić information content (AvgIpc) is 2.76. The Morgan fingerprint density at radius 2 is 2.06 bits per heavy atom. The molecule has 1 unspecified atom stereocenters. The smallest absolute Gasteiger partial charge is 0.126 e. The molecule has 1 nitrogen and oxygen atoms in total. The predicted molar refractivity (Wildman–Crippen MR) is 75.7 cm³/mol. The largest absolute Gasteiger partial charge is 0.309 e. The summed E-state index contributed by atoms with van der Waals surface area (Å²) in [5.74, 6) is -0.134. The highest BCUT2D eigenvalue weighted by atomic mass is 35.5. The van der Waals surface area contributed by atoms with Gasteiger partial charge in [-0.25, -0.2) is 4.39 Å². The molecule has 0 saturated carbocycles. The van der Waals surface area contributed by atoms with E-state index < -0.39 is 0 Å². The van der Waals surface area contributed by atoms with Crippen molar-refractivity contribution in [3.8, 4) is 0 Å². The quantitative estimate of drug-likeness (QED) is 0.864. The van der Waals surface area contributed by atoms with Crippen LogP contribution in [0, 0.1) is 5.82 Å². The van der Waals surface area contributed by atoms with E-state index in [0.29, 0.717) is 6.42 Å². The van der Waals surface area contributed by atoms with E-state index in [0.717, 1.165) is 16.4 Å². The predicted octanol–water partition coefficient (Wildman–Crippen LogP) is 4.26. The SMILES string of the molecule is CC(Cc1ccccc1F)NCc1ccc(Cl)s1. The van der Waals surface area contributed by atoms with Crippen molar-refractivity contribution in [1.82, 2.24) is 5.32 Å². The Hall–Kier alpha value is -0.900. The van der Waals surface area contributed by atoms with Crippen molar-refractivity contribution in [1.29, 1.82) is 0 Å². The minimum atomic E-state index is -0.134. The molecule has 0 aliphatic rings. The second kappa shape index (κ2) is 6.32. The summed E-state index contributed by atoms with van der Waals surface area (Å²) in [4.78, 5) is 1.19. The van der Waals surface area contributed by atoms with Crippen molar-refractivity contribution < 1.29 is 4.39 Å². The Morgan fingerprint density at radius 1 is 1.28 bits per heavy atom. The molecule has 2 aromatic rings. The number of halogens is 2. The second-order valence-electron chi connectivity index (χ2n) is 4.28. The first kappa shape index (κ1) is 13.5. The molecule has 0 saturated heterocycles. The summed E-state index contributed by atoms with van der Waals surface area (Å²) in [6.07, 6.45) is 0.686. The van der Waals surface area contributed by atoms with Crippen molar-refractivity contribution in [2.24, 2.45) is 0 Å². The summed E-state index contributed by atoms with van der Waals surface area (Å²) in [6.45, 7) is 2.83. The minimum Gasteiger partial charge on any atom is -0.309 e. The van der Waals surface area contributed by atoms with Crippen LogP contribution in [0.3, 0.4) is 0 Å². The van der Waals surface area contributed by atoms with Crippen LogP contribution in [0.1, 0.15) is 17.4 Å². The maximum atomic E-state index is 13.5. The van der Waals surface area contributed by atoms with Gasteiger partial charge in [0, 0.05) is 17.5 Å². The zero-order valence-corrected chi connectivity index (χ0v) is 11.7. The molecule has 96 valence electrons. The lowest BCUT2D eigenvalue weighted by molar-refractivity contribution is 0.528. The fraction of sp³-hybridized carbons (Fsp3) is 0.286. The van der Waals surface area contributed by atoms with Crippen LogP contribution < -0.4 is 5.32 Å². The van der Waals surface area contributed by atoms with E-state index in [2.05, 4.69) is 12.2 Å². The van der Waals surface area contributed by atoms with Crippen LogP contribution in [-0.2, 0) is 13.0 Å². The molecule has 1 N–H and O–H groups in total. The van der Waals surface area contributed by atoms with Crippen LogP contribution in [0.4, 0.5) is 4.39 Å². The maximum Gasteiger partial charge on any atom is 0.126 e. The third-order valence-electron chi connectivity index (χ3n) is 2.74. The van der Waals surface area contributed by atoms with Crippen molar-refractivity contribution >= 4 is 22.9 Å². The zero-order chi connectivity index (χ0) is 13.0. The standard InChI is InChI=1S/C14H15ClFNS/c1-10(8-11-4-2-3-5-13(11)16)17-9-12-6-7-14(15)18-12/h2-7,10,17H,8-9H2,1H3. The van der Waals surface area contributed by atoms with Gasteiger partial charge in [0.25, 0.3) is 0 Å². The van der Waals surface area contributed by atoms with Gasteiger partial charge in [0.1, 0.15) is 5.82 Å². The lowest BCUT2D eigenvalue weighted by Crippen LogP contribution is -2.27. The van der Waals surface area contributed by atoms with E-state index in [-0.39, 0.29) is 11.9 Å². The van der Waals surface area contributed by atoms with Gasteiger partial charge in [0.15, 0.2) is 0 Å². The molecular weight excluding hydrogens is 269 g/mol. The number of nitrogens with one attached hydrogen (secondary N) is 1. The fourth-order valence-corrected chi connectivity index (χ4v) is 2.83. The average molecular weight is 284 g/mol. The number of rotatable bonds is 5. The molecule has 2 rings (SSSR count). The van der Waals surface area contributed by atoms with E-state index in [9.17, 15) is 4.39 Å². The van der Waals surface area contributed by atoms with Crippen LogP contribution >= 0.6 is 22.9 Å². The van der Waals surface area contributed by atoms with Gasteiger partial charge in [0.05, 0.1) is 4.34 Å². The van der Waals surface area contributed by atoms with Crippen molar-refractivity contribution in [2.45, 2.75) is 25.9 Å². The van der Waals surface area contributed by atoms with Crippen molar-refractivity contribution in [3.63, 3.8) is 0 Å². The van der Waals surface area contributed by atoms with Crippen molar-refractivity contribution in [3.05, 3.63) is 57.0 Å². The van der Waals surface area contributed by atoms with Gasteiger partial charge in [-0.15, -0.1) is 11.3 Å². The molecule has 0 radical (unpaired) electrons. The number of hydrogen-bond donors (Lipinski definition) is 1. The van der Waals surface area contributed by atoms with Gasteiger partial charge in [-0.05, 0) is 37.1 Å². The minimum absolute atomic E-state index is 0.134. The summed E-state index contributed by atoms with van der Waals surface area (Å²) in [5, 5.41) is 3.37. The lowest BCUT2D eigenvalue weighted by atomic mass is 10.1. The Labute approximate surface area is 116 Å². The summed E-state index contributed by atoms with van der Waals surface area (Å²) in [6, 6.07) is 11.0. The molecule has 0 bridgehead atoms. The molecule has 18 heavy (non-hydrogen) atoms. The Kier molecular flexibility index (Phi) is 4.75. The topological polar surface area (TPSA) is 12.0 Å². The van der Waals surface area contributed by atoms with E-state index in [1.807, 2.05) is 24.3 Å². The first-order valence-electron chi connectivity index (χ1n) is 5.86. The molecule has 4 heteroatoms. The fourth-order valence-electron chi connectivity index (χ4n) is 1.79. The highest BCUT2D eigenvalue weighted by Crippen LogP contribution is 2.21. The molecule has 0 spiro atoms. The van der Waals surface area contributed by atoms with Gasteiger partial charge in [0.2, 0.25) is 0 Å². The van der Waals surface area contributed by atoms with E-state index >= 15 is 0 Å². The molecule has 1 heterocycles. The first-order valence-corrected chi connectivity index (χ1v) is 7.05. The molecule has 0 aliphatic carbocycles. The van der Waals surface area contributed by atoms with Crippen LogP contribution in [0.25, 0.3) is 0 Å². The van der Waals surface area contributed by atoms with Crippen LogP contribution in [0.15, 0.2) is 36.4 Å². The van der Waals surface area contributed by atoms with E-state index in [1.165, 1.54) is 10.9 Å². The lowest BCUT2D eigenvalue weighted by Gasteiger charge is -2.13. The Morgan fingerprint density at radius 3 is 2.72 bits per heavy atom. The molecule has 0 fully saturated rings. The van der Waals surface area contributed by atoms with Gasteiger partial charge >= 0.3 is 0 Å². The molecule has 0 aliphatic heterocycles.